The monoisotopic (exact) mass is 281 g/mol. The molecule has 0 radical (unpaired) electrons. The fraction of sp³-hybridized carbons (Fsp3) is 0.667. The first kappa shape index (κ1) is 16.9. The highest BCUT2D eigenvalue weighted by Gasteiger charge is 2.12. The Morgan fingerprint density at radius 1 is 1.20 bits per heavy atom. The molecule has 1 heterocycles. The molecule has 20 heavy (non-hydrogen) atoms. The smallest absolute Gasteiger partial charge is 0.133 e. The van der Waals surface area contributed by atoms with Crippen molar-refractivity contribution in [2.24, 2.45) is 0 Å². The zero-order chi connectivity index (χ0) is 14.6. The SMILES string of the molecule is CCCNCc1cccnc1N(CCOC)CCOC. The van der Waals surface area contributed by atoms with Crippen molar-refractivity contribution in [1.82, 2.24) is 10.3 Å². The van der Waals surface area contributed by atoms with E-state index in [1.54, 1.807) is 14.2 Å². The van der Waals surface area contributed by atoms with Gasteiger partial charge in [0.2, 0.25) is 0 Å². The molecule has 1 aromatic rings. The van der Waals surface area contributed by atoms with Crippen LogP contribution < -0.4 is 10.2 Å². The van der Waals surface area contributed by atoms with Gasteiger partial charge in [0.1, 0.15) is 5.82 Å². The van der Waals surface area contributed by atoms with E-state index in [0.717, 1.165) is 38.4 Å². The highest BCUT2D eigenvalue weighted by atomic mass is 16.5. The molecule has 0 fully saturated rings. The molecular formula is C15H27N3O2. The molecule has 0 bridgehead atoms. The number of ether oxygens (including phenoxy) is 2. The van der Waals surface area contributed by atoms with E-state index in [2.05, 4.69) is 28.2 Å². The number of nitrogens with one attached hydrogen (secondary N) is 1. The van der Waals surface area contributed by atoms with Gasteiger partial charge in [-0.1, -0.05) is 13.0 Å². The van der Waals surface area contributed by atoms with Crippen molar-refractivity contribution in [2.75, 3.05) is 52.0 Å². The quantitative estimate of drug-likeness (QED) is 0.625. The van der Waals surface area contributed by atoms with Crippen LogP contribution in [-0.2, 0) is 16.0 Å². The molecule has 0 aromatic carbocycles. The molecule has 5 heteroatoms. The number of rotatable bonds is 11. The van der Waals surface area contributed by atoms with Gasteiger partial charge in [0.25, 0.3) is 0 Å². The van der Waals surface area contributed by atoms with E-state index >= 15 is 0 Å². The van der Waals surface area contributed by atoms with Crippen LogP contribution in [0.2, 0.25) is 0 Å². The van der Waals surface area contributed by atoms with Crippen molar-refractivity contribution in [3.63, 3.8) is 0 Å². The third-order valence-electron chi connectivity index (χ3n) is 3.04. The Morgan fingerprint density at radius 2 is 1.90 bits per heavy atom. The predicted molar refractivity (Wildman–Crippen MR) is 82.2 cm³/mol. The van der Waals surface area contributed by atoms with Crippen molar-refractivity contribution in [1.29, 1.82) is 0 Å². The van der Waals surface area contributed by atoms with Gasteiger partial charge in [-0.15, -0.1) is 0 Å². The van der Waals surface area contributed by atoms with Crippen LogP contribution in [0.1, 0.15) is 18.9 Å². The highest BCUT2D eigenvalue weighted by molar-refractivity contribution is 5.46. The average Bonchev–Trinajstić information content (AvgIpc) is 2.48. The fourth-order valence-electron chi connectivity index (χ4n) is 1.98. The van der Waals surface area contributed by atoms with E-state index in [1.807, 2.05) is 12.3 Å². The van der Waals surface area contributed by atoms with Crippen LogP contribution in [-0.4, -0.2) is 52.1 Å². The van der Waals surface area contributed by atoms with Crippen LogP contribution in [0.15, 0.2) is 18.3 Å². The number of methoxy groups -OCH3 is 2. The lowest BCUT2D eigenvalue weighted by Gasteiger charge is -2.25. The summed E-state index contributed by atoms with van der Waals surface area (Å²) < 4.78 is 10.4. The first-order chi connectivity index (χ1) is 9.83. The van der Waals surface area contributed by atoms with Gasteiger partial charge in [0.15, 0.2) is 0 Å². The minimum atomic E-state index is 0.683. The lowest BCUT2D eigenvalue weighted by Crippen LogP contribution is -2.32. The molecule has 5 nitrogen and oxygen atoms in total. The summed E-state index contributed by atoms with van der Waals surface area (Å²) in [5.74, 6) is 1.02. The summed E-state index contributed by atoms with van der Waals surface area (Å²) in [7, 11) is 3.44. The average molecular weight is 281 g/mol. The lowest BCUT2D eigenvalue weighted by atomic mass is 10.2. The third kappa shape index (κ3) is 5.86. The molecular weight excluding hydrogens is 254 g/mol. The molecule has 0 aliphatic carbocycles. The zero-order valence-corrected chi connectivity index (χ0v) is 12.9. The van der Waals surface area contributed by atoms with E-state index in [4.69, 9.17) is 9.47 Å². The van der Waals surface area contributed by atoms with Crippen molar-refractivity contribution in [3.05, 3.63) is 23.9 Å². The summed E-state index contributed by atoms with van der Waals surface area (Å²) in [6.07, 6.45) is 2.97. The van der Waals surface area contributed by atoms with Gasteiger partial charge in [-0.2, -0.15) is 0 Å². The zero-order valence-electron chi connectivity index (χ0n) is 12.9. The first-order valence-electron chi connectivity index (χ1n) is 7.20. The van der Waals surface area contributed by atoms with Gasteiger partial charge >= 0.3 is 0 Å². The molecule has 0 atom stereocenters. The van der Waals surface area contributed by atoms with Crippen molar-refractivity contribution in [2.45, 2.75) is 19.9 Å². The minimum Gasteiger partial charge on any atom is -0.383 e. The third-order valence-corrected chi connectivity index (χ3v) is 3.04. The largest absolute Gasteiger partial charge is 0.383 e. The van der Waals surface area contributed by atoms with Crippen molar-refractivity contribution in [3.8, 4) is 0 Å². The molecule has 1 aromatic heterocycles. The Kier molecular flexibility index (Phi) is 8.95. The molecule has 0 saturated heterocycles. The molecule has 0 saturated carbocycles. The van der Waals surface area contributed by atoms with Gasteiger partial charge < -0.3 is 19.7 Å². The lowest BCUT2D eigenvalue weighted by molar-refractivity contribution is 0.190. The number of hydrogen-bond acceptors (Lipinski definition) is 5. The Labute approximate surface area is 122 Å². The van der Waals surface area contributed by atoms with Gasteiger partial charge in [-0.3, -0.25) is 0 Å². The topological polar surface area (TPSA) is 46.6 Å². The van der Waals surface area contributed by atoms with Crippen molar-refractivity contribution < 1.29 is 9.47 Å². The summed E-state index contributed by atoms with van der Waals surface area (Å²) in [5, 5.41) is 3.43. The molecule has 114 valence electrons. The summed E-state index contributed by atoms with van der Waals surface area (Å²) >= 11 is 0. The Balaban J connectivity index is 2.75. The molecule has 0 spiro atoms. The standard InChI is InChI=1S/C15H27N3O2/c1-4-7-16-13-14-6-5-8-17-15(14)18(9-11-19-2)10-12-20-3/h5-6,8,16H,4,7,9-13H2,1-3H3. The fourth-order valence-corrected chi connectivity index (χ4v) is 1.98. The Morgan fingerprint density at radius 3 is 2.50 bits per heavy atom. The first-order valence-corrected chi connectivity index (χ1v) is 7.20. The van der Waals surface area contributed by atoms with Gasteiger partial charge in [0, 0.05) is 45.6 Å². The second-order valence-electron chi connectivity index (χ2n) is 4.64. The van der Waals surface area contributed by atoms with Crippen LogP contribution in [0.5, 0.6) is 0 Å². The highest BCUT2D eigenvalue weighted by Crippen LogP contribution is 2.16. The van der Waals surface area contributed by atoms with E-state index in [-0.39, 0.29) is 0 Å². The van der Waals surface area contributed by atoms with Crippen LogP contribution in [0.25, 0.3) is 0 Å². The van der Waals surface area contributed by atoms with Gasteiger partial charge in [0.05, 0.1) is 13.2 Å². The molecule has 0 unspecified atom stereocenters. The summed E-state index contributed by atoms with van der Waals surface area (Å²) in [6, 6.07) is 4.11. The number of pyridine rings is 1. The summed E-state index contributed by atoms with van der Waals surface area (Å²) in [6.45, 7) is 7.03. The van der Waals surface area contributed by atoms with E-state index < -0.39 is 0 Å². The maximum absolute atomic E-state index is 5.19. The maximum atomic E-state index is 5.19. The molecule has 0 amide bonds. The Hall–Kier alpha value is -1.17. The van der Waals surface area contributed by atoms with Crippen LogP contribution >= 0.6 is 0 Å². The predicted octanol–water partition coefficient (Wildman–Crippen LogP) is 1.68. The normalized spacial score (nSPS) is 10.8. The molecule has 1 N–H and O–H groups in total. The van der Waals surface area contributed by atoms with E-state index in [9.17, 15) is 0 Å². The molecule has 1 rings (SSSR count). The summed E-state index contributed by atoms with van der Waals surface area (Å²) in [4.78, 5) is 6.76. The van der Waals surface area contributed by atoms with Gasteiger partial charge in [-0.25, -0.2) is 4.98 Å². The second kappa shape index (κ2) is 10.6. The van der Waals surface area contributed by atoms with Crippen LogP contribution in [0.4, 0.5) is 5.82 Å². The number of hydrogen-bond donors (Lipinski definition) is 1. The molecule has 0 aliphatic rings. The maximum Gasteiger partial charge on any atom is 0.133 e. The summed E-state index contributed by atoms with van der Waals surface area (Å²) in [5.41, 5.74) is 1.22. The number of anilines is 1. The van der Waals surface area contributed by atoms with Crippen molar-refractivity contribution >= 4 is 5.82 Å². The van der Waals surface area contributed by atoms with Crippen LogP contribution in [0, 0.1) is 0 Å². The number of nitrogens with zero attached hydrogens (tertiary/aromatic N) is 2. The number of aromatic nitrogens is 1. The van der Waals surface area contributed by atoms with E-state index in [0.29, 0.717) is 13.2 Å². The second-order valence-corrected chi connectivity index (χ2v) is 4.64. The Bertz CT molecular complexity index is 353. The van der Waals surface area contributed by atoms with Crippen LogP contribution in [0.3, 0.4) is 0 Å². The van der Waals surface area contributed by atoms with E-state index in [1.165, 1.54) is 5.56 Å². The minimum absolute atomic E-state index is 0.683. The van der Waals surface area contributed by atoms with Gasteiger partial charge in [-0.05, 0) is 19.0 Å². The molecule has 0 aliphatic heterocycles.